The highest BCUT2D eigenvalue weighted by molar-refractivity contribution is 6.37. The maximum absolute atomic E-state index is 13.5. The fourth-order valence-corrected chi connectivity index (χ4v) is 1.80. The highest BCUT2D eigenvalue weighted by Crippen LogP contribution is 2.17. The van der Waals surface area contributed by atoms with Gasteiger partial charge in [-0.3, -0.25) is 4.79 Å². The van der Waals surface area contributed by atoms with E-state index in [1.165, 1.54) is 13.2 Å². The zero-order valence-electron chi connectivity index (χ0n) is 10.7. The van der Waals surface area contributed by atoms with Crippen LogP contribution in [-0.4, -0.2) is 29.7 Å². The van der Waals surface area contributed by atoms with Gasteiger partial charge >= 0.3 is 5.97 Å². The fraction of sp³-hybridized carbons (Fsp3) is 0.308. The Labute approximate surface area is 113 Å². The van der Waals surface area contributed by atoms with Gasteiger partial charge in [0.15, 0.2) is 0 Å². The number of esters is 1. The molecule has 1 aromatic carbocycles. The lowest BCUT2D eigenvalue weighted by Gasteiger charge is -2.22. The molecule has 20 heavy (non-hydrogen) atoms. The van der Waals surface area contributed by atoms with E-state index in [4.69, 9.17) is 0 Å². The first kappa shape index (κ1) is 14.1. The number of hydrazone groups is 1. The minimum atomic E-state index is -0.766. The number of amides is 1. The molecule has 0 aromatic heterocycles. The maximum Gasteiger partial charge on any atom is 0.354 e. The van der Waals surface area contributed by atoms with Crippen molar-refractivity contribution in [3.05, 3.63) is 35.4 Å². The average molecular weight is 282 g/mol. The van der Waals surface area contributed by atoms with Crippen LogP contribution in [0.5, 0.6) is 0 Å². The molecule has 0 atom stereocenters. The van der Waals surface area contributed by atoms with E-state index in [9.17, 15) is 18.4 Å². The molecule has 2 rings (SSSR count). The van der Waals surface area contributed by atoms with E-state index in [-0.39, 0.29) is 36.6 Å². The van der Waals surface area contributed by atoms with Gasteiger partial charge in [0.1, 0.15) is 17.3 Å². The average Bonchev–Trinajstić information content (AvgIpc) is 2.43. The zero-order valence-corrected chi connectivity index (χ0v) is 10.7. The summed E-state index contributed by atoms with van der Waals surface area (Å²) in [6.07, 6.45) is 0.282. The van der Waals surface area contributed by atoms with Crippen molar-refractivity contribution >= 4 is 17.6 Å². The van der Waals surface area contributed by atoms with Gasteiger partial charge in [-0.1, -0.05) is 6.07 Å². The Morgan fingerprint density at radius 2 is 2.15 bits per heavy atom. The number of hydrogen-bond acceptors (Lipinski definition) is 4. The lowest BCUT2D eigenvalue weighted by molar-refractivity contribution is -0.134. The number of hydrogen-bond donors (Lipinski definition) is 0. The molecule has 1 aliphatic heterocycles. The molecule has 106 valence electrons. The van der Waals surface area contributed by atoms with E-state index in [0.717, 1.165) is 17.1 Å². The fourth-order valence-electron chi connectivity index (χ4n) is 1.80. The van der Waals surface area contributed by atoms with E-state index in [1.54, 1.807) is 0 Å². The van der Waals surface area contributed by atoms with Crippen molar-refractivity contribution in [3.8, 4) is 0 Å². The van der Waals surface area contributed by atoms with E-state index < -0.39 is 17.6 Å². The van der Waals surface area contributed by atoms with Crippen LogP contribution in [-0.2, 0) is 20.9 Å². The molecule has 1 heterocycles. The number of benzene rings is 1. The molecule has 0 saturated carbocycles. The molecule has 5 nitrogen and oxygen atoms in total. The quantitative estimate of drug-likeness (QED) is 0.791. The van der Waals surface area contributed by atoms with Crippen LogP contribution < -0.4 is 0 Å². The molecule has 0 saturated heterocycles. The third-order valence-electron chi connectivity index (χ3n) is 2.86. The van der Waals surface area contributed by atoms with Crippen molar-refractivity contribution in [1.82, 2.24) is 5.01 Å². The molecular weight excluding hydrogens is 270 g/mol. The van der Waals surface area contributed by atoms with Crippen LogP contribution in [0.1, 0.15) is 18.4 Å². The Kier molecular flexibility index (Phi) is 4.07. The molecule has 1 aliphatic rings. The SMILES string of the molecule is COC(=O)C1=NN(Cc2ccc(F)cc2F)C(=O)CC1. The van der Waals surface area contributed by atoms with Crippen LogP contribution in [0.4, 0.5) is 8.78 Å². The molecule has 0 radical (unpaired) electrons. The molecule has 7 heteroatoms. The summed E-state index contributed by atoms with van der Waals surface area (Å²) in [7, 11) is 1.21. The van der Waals surface area contributed by atoms with E-state index in [0.29, 0.717) is 0 Å². The number of rotatable bonds is 3. The van der Waals surface area contributed by atoms with Crippen molar-refractivity contribution in [3.63, 3.8) is 0 Å². The van der Waals surface area contributed by atoms with Gasteiger partial charge in [-0.15, -0.1) is 0 Å². The number of methoxy groups -OCH3 is 1. The Morgan fingerprint density at radius 1 is 1.40 bits per heavy atom. The first-order valence-electron chi connectivity index (χ1n) is 5.91. The summed E-state index contributed by atoms with van der Waals surface area (Å²) >= 11 is 0. The van der Waals surface area contributed by atoms with Crippen LogP contribution in [0.2, 0.25) is 0 Å². The van der Waals surface area contributed by atoms with Gasteiger partial charge in [-0.05, 0) is 6.07 Å². The zero-order chi connectivity index (χ0) is 14.7. The summed E-state index contributed by atoms with van der Waals surface area (Å²) < 4.78 is 30.9. The van der Waals surface area contributed by atoms with Crippen LogP contribution in [0.3, 0.4) is 0 Å². The number of nitrogens with zero attached hydrogens (tertiary/aromatic N) is 2. The Hall–Kier alpha value is -2.31. The second kappa shape index (κ2) is 5.77. The first-order valence-corrected chi connectivity index (χ1v) is 5.91. The molecule has 0 unspecified atom stereocenters. The van der Waals surface area contributed by atoms with Crippen molar-refractivity contribution < 1.29 is 23.1 Å². The predicted molar refractivity (Wildman–Crippen MR) is 65.6 cm³/mol. The monoisotopic (exact) mass is 282 g/mol. The normalized spacial score (nSPS) is 15.1. The third-order valence-corrected chi connectivity index (χ3v) is 2.86. The topological polar surface area (TPSA) is 59.0 Å². The van der Waals surface area contributed by atoms with Crippen LogP contribution >= 0.6 is 0 Å². The van der Waals surface area contributed by atoms with Crippen molar-refractivity contribution in [1.29, 1.82) is 0 Å². The van der Waals surface area contributed by atoms with Gasteiger partial charge in [0.2, 0.25) is 5.91 Å². The molecular formula is C13H12F2N2O3. The van der Waals surface area contributed by atoms with Gasteiger partial charge in [0.25, 0.3) is 0 Å². The van der Waals surface area contributed by atoms with Gasteiger partial charge < -0.3 is 4.74 Å². The van der Waals surface area contributed by atoms with Gasteiger partial charge in [-0.25, -0.2) is 18.6 Å². The Bertz CT molecular complexity index is 587. The molecule has 1 amide bonds. The summed E-state index contributed by atoms with van der Waals surface area (Å²) in [4.78, 5) is 23.1. The first-order chi connectivity index (χ1) is 9.51. The molecule has 0 aliphatic carbocycles. The molecule has 0 bridgehead atoms. The summed E-state index contributed by atoms with van der Waals surface area (Å²) in [5, 5.41) is 4.85. The largest absolute Gasteiger partial charge is 0.464 e. The van der Waals surface area contributed by atoms with Crippen molar-refractivity contribution in [2.45, 2.75) is 19.4 Å². The number of ether oxygens (including phenoxy) is 1. The van der Waals surface area contributed by atoms with Crippen molar-refractivity contribution in [2.75, 3.05) is 7.11 Å². The minimum Gasteiger partial charge on any atom is -0.464 e. The number of carbonyl (C=O) groups is 2. The lowest BCUT2D eigenvalue weighted by atomic mass is 10.1. The summed E-state index contributed by atoms with van der Waals surface area (Å²) in [5.74, 6) is -2.42. The van der Waals surface area contributed by atoms with Crippen molar-refractivity contribution in [2.24, 2.45) is 5.10 Å². The van der Waals surface area contributed by atoms with Gasteiger partial charge in [0, 0.05) is 24.5 Å². The smallest absolute Gasteiger partial charge is 0.354 e. The van der Waals surface area contributed by atoms with E-state index in [2.05, 4.69) is 9.84 Å². The number of carbonyl (C=O) groups excluding carboxylic acids is 2. The molecule has 1 aromatic rings. The second-order valence-corrected chi connectivity index (χ2v) is 4.23. The lowest BCUT2D eigenvalue weighted by Crippen LogP contribution is -2.34. The van der Waals surface area contributed by atoms with E-state index >= 15 is 0 Å². The molecule has 0 spiro atoms. The Balaban J connectivity index is 2.22. The van der Waals surface area contributed by atoms with E-state index in [1.807, 2.05) is 0 Å². The van der Waals surface area contributed by atoms with Crippen LogP contribution in [0.25, 0.3) is 0 Å². The number of halogens is 2. The summed E-state index contributed by atoms with van der Waals surface area (Å²) in [5.41, 5.74) is 0.226. The summed E-state index contributed by atoms with van der Waals surface area (Å²) in [6, 6.07) is 3.06. The van der Waals surface area contributed by atoms with Gasteiger partial charge in [0.05, 0.1) is 13.7 Å². The minimum absolute atomic E-state index is 0.0940. The van der Waals surface area contributed by atoms with Gasteiger partial charge in [-0.2, -0.15) is 5.10 Å². The summed E-state index contributed by atoms with van der Waals surface area (Å²) in [6.45, 7) is -0.161. The highest BCUT2D eigenvalue weighted by Gasteiger charge is 2.25. The second-order valence-electron chi connectivity index (χ2n) is 4.23. The Morgan fingerprint density at radius 3 is 2.80 bits per heavy atom. The highest BCUT2D eigenvalue weighted by atomic mass is 19.1. The standard InChI is InChI=1S/C13H12F2N2O3/c1-20-13(19)11-4-5-12(18)17(16-11)7-8-2-3-9(14)6-10(8)15/h2-3,6H,4-5,7H2,1H3. The van der Waals surface area contributed by atoms with Crippen LogP contribution in [0, 0.1) is 11.6 Å². The maximum atomic E-state index is 13.5. The molecule has 0 N–H and O–H groups in total. The predicted octanol–water partition coefficient (Wildman–Crippen LogP) is 1.62. The third kappa shape index (κ3) is 2.98. The van der Waals surface area contributed by atoms with Crippen LogP contribution in [0.15, 0.2) is 23.3 Å². The molecule has 0 fully saturated rings.